The minimum atomic E-state index is -0.680. The second kappa shape index (κ2) is 8.76. The fourth-order valence-corrected chi connectivity index (χ4v) is 2.95. The SMILES string of the molecule is COC(=O)CNC(=O)c1nc(-c2nnc(Cc3ccc(F)cc3)o2)c(O)c2ncccc12. The number of carbonyl (C=O) groups excluding carboxylic acids is 2. The molecule has 0 unspecified atom stereocenters. The van der Waals surface area contributed by atoms with Gasteiger partial charge in [0.1, 0.15) is 23.6 Å². The number of esters is 1. The predicted octanol–water partition coefficient (Wildman–Crippen LogP) is 2.02. The van der Waals surface area contributed by atoms with Crippen molar-refractivity contribution in [2.75, 3.05) is 13.7 Å². The van der Waals surface area contributed by atoms with E-state index in [4.69, 9.17) is 4.42 Å². The van der Waals surface area contributed by atoms with Crippen LogP contribution in [0.15, 0.2) is 47.0 Å². The molecule has 4 aromatic rings. The quantitative estimate of drug-likeness (QED) is 0.433. The van der Waals surface area contributed by atoms with E-state index in [2.05, 4.69) is 30.2 Å². The number of carbonyl (C=O) groups is 2. The average molecular weight is 437 g/mol. The first kappa shape index (κ1) is 20.8. The number of aromatic nitrogens is 4. The van der Waals surface area contributed by atoms with Crippen LogP contribution in [-0.4, -0.2) is 50.8 Å². The Bertz CT molecular complexity index is 1310. The van der Waals surface area contributed by atoms with E-state index in [0.29, 0.717) is 0 Å². The lowest BCUT2D eigenvalue weighted by atomic mass is 10.1. The topological polar surface area (TPSA) is 140 Å². The van der Waals surface area contributed by atoms with Crippen molar-refractivity contribution >= 4 is 22.8 Å². The summed E-state index contributed by atoms with van der Waals surface area (Å²) in [6, 6.07) is 8.92. The largest absolute Gasteiger partial charge is 0.504 e. The van der Waals surface area contributed by atoms with Crippen LogP contribution in [-0.2, 0) is 16.0 Å². The van der Waals surface area contributed by atoms with Crippen molar-refractivity contribution in [2.45, 2.75) is 6.42 Å². The number of ether oxygens (including phenoxy) is 1. The summed E-state index contributed by atoms with van der Waals surface area (Å²) >= 11 is 0. The van der Waals surface area contributed by atoms with Gasteiger partial charge in [0.05, 0.1) is 13.5 Å². The molecule has 3 heterocycles. The number of nitrogens with zero attached hydrogens (tertiary/aromatic N) is 4. The monoisotopic (exact) mass is 437 g/mol. The summed E-state index contributed by atoms with van der Waals surface area (Å²) in [5.41, 5.74) is 0.598. The van der Waals surface area contributed by atoms with Gasteiger partial charge < -0.3 is 19.6 Å². The first-order chi connectivity index (χ1) is 15.5. The number of nitrogens with one attached hydrogen (secondary N) is 1. The van der Waals surface area contributed by atoms with Crippen LogP contribution >= 0.6 is 0 Å². The predicted molar refractivity (Wildman–Crippen MR) is 108 cm³/mol. The number of aromatic hydroxyl groups is 1. The van der Waals surface area contributed by atoms with Gasteiger partial charge >= 0.3 is 5.97 Å². The maximum absolute atomic E-state index is 13.1. The van der Waals surface area contributed by atoms with E-state index in [0.717, 1.165) is 5.56 Å². The van der Waals surface area contributed by atoms with Crippen molar-refractivity contribution in [3.05, 3.63) is 65.6 Å². The third-order valence-electron chi connectivity index (χ3n) is 4.51. The van der Waals surface area contributed by atoms with E-state index in [1.807, 2.05) is 0 Å². The van der Waals surface area contributed by atoms with Crippen molar-refractivity contribution in [3.63, 3.8) is 0 Å². The van der Waals surface area contributed by atoms with Crippen molar-refractivity contribution in [3.8, 4) is 17.3 Å². The van der Waals surface area contributed by atoms with E-state index < -0.39 is 11.9 Å². The molecule has 0 radical (unpaired) electrons. The molecule has 0 bridgehead atoms. The maximum Gasteiger partial charge on any atom is 0.325 e. The lowest BCUT2D eigenvalue weighted by Gasteiger charge is -2.09. The van der Waals surface area contributed by atoms with Crippen molar-refractivity contribution in [2.24, 2.45) is 0 Å². The van der Waals surface area contributed by atoms with E-state index >= 15 is 0 Å². The Morgan fingerprint density at radius 1 is 1.19 bits per heavy atom. The Kier molecular flexibility index (Phi) is 5.71. The number of methoxy groups -OCH3 is 1. The van der Waals surface area contributed by atoms with Gasteiger partial charge in [0.2, 0.25) is 5.89 Å². The minimum absolute atomic E-state index is 0.0944. The minimum Gasteiger partial charge on any atom is -0.504 e. The molecule has 0 saturated carbocycles. The van der Waals surface area contributed by atoms with Crippen LogP contribution in [0.4, 0.5) is 4.39 Å². The number of benzene rings is 1. The Labute approximate surface area is 180 Å². The summed E-state index contributed by atoms with van der Waals surface area (Å²) in [6.07, 6.45) is 1.67. The first-order valence-electron chi connectivity index (χ1n) is 9.36. The van der Waals surface area contributed by atoms with Crippen LogP contribution in [0.25, 0.3) is 22.5 Å². The van der Waals surface area contributed by atoms with E-state index in [1.165, 1.54) is 25.4 Å². The molecule has 4 rings (SSSR count). The highest BCUT2D eigenvalue weighted by Gasteiger charge is 2.23. The molecule has 32 heavy (non-hydrogen) atoms. The number of hydrogen-bond acceptors (Lipinski definition) is 9. The number of fused-ring (bicyclic) bond motifs is 1. The van der Waals surface area contributed by atoms with Gasteiger partial charge in [0.15, 0.2) is 11.4 Å². The summed E-state index contributed by atoms with van der Waals surface area (Å²) in [4.78, 5) is 32.3. The smallest absolute Gasteiger partial charge is 0.325 e. The molecular formula is C21H16FN5O5. The Morgan fingerprint density at radius 2 is 1.97 bits per heavy atom. The van der Waals surface area contributed by atoms with Gasteiger partial charge in [-0.1, -0.05) is 12.1 Å². The number of rotatable bonds is 6. The second-order valence-corrected chi connectivity index (χ2v) is 6.62. The molecule has 0 atom stereocenters. The lowest BCUT2D eigenvalue weighted by molar-refractivity contribution is -0.139. The third-order valence-corrected chi connectivity index (χ3v) is 4.51. The highest BCUT2D eigenvalue weighted by atomic mass is 19.1. The van der Waals surface area contributed by atoms with Gasteiger partial charge in [-0.2, -0.15) is 0 Å². The number of amides is 1. The van der Waals surface area contributed by atoms with Gasteiger partial charge in [0.25, 0.3) is 11.8 Å². The van der Waals surface area contributed by atoms with E-state index in [9.17, 15) is 19.1 Å². The summed E-state index contributed by atoms with van der Waals surface area (Å²) in [5, 5.41) is 21.2. The Balaban J connectivity index is 1.70. The first-order valence-corrected chi connectivity index (χ1v) is 9.36. The fraction of sp³-hybridized carbons (Fsp3) is 0.143. The zero-order valence-electron chi connectivity index (χ0n) is 16.7. The maximum atomic E-state index is 13.1. The van der Waals surface area contributed by atoms with Gasteiger partial charge in [-0.25, -0.2) is 9.37 Å². The average Bonchev–Trinajstić information content (AvgIpc) is 3.27. The highest BCUT2D eigenvalue weighted by molar-refractivity contribution is 6.07. The summed E-state index contributed by atoms with van der Waals surface area (Å²) < 4.78 is 23.2. The molecule has 10 nitrogen and oxygen atoms in total. The second-order valence-electron chi connectivity index (χ2n) is 6.62. The molecule has 0 aliphatic rings. The number of hydrogen-bond donors (Lipinski definition) is 2. The summed E-state index contributed by atoms with van der Waals surface area (Å²) in [7, 11) is 1.20. The molecule has 11 heteroatoms. The molecule has 162 valence electrons. The lowest BCUT2D eigenvalue weighted by Crippen LogP contribution is -2.31. The van der Waals surface area contributed by atoms with Crippen molar-refractivity contribution < 1.29 is 28.2 Å². The zero-order chi connectivity index (χ0) is 22.7. The van der Waals surface area contributed by atoms with E-state index in [1.54, 1.807) is 24.3 Å². The summed E-state index contributed by atoms with van der Waals surface area (Å²) in [5.74, 6) is -1.96. The van der Waals surface area contributed by atoms with Crippen LogP contribution < -0.4 is 5.32 Å². The molecule has 0 aliphatic carbocycles. The normalized spacial score (nSPS) is 10.8. The molecule has 0 spiro atoms. The van der Waals surface area contributed by atoms with Crippen LogP contribution in [0.5, 0.6) is 5.75 Å². The molecule has 2 N–H and O–H groups in total. The highest BCUT2D eigenvalue weighted by Crippen LogP contribution is 2.34. The van der Waals surface area contributed by atoms with Gasteiger partial charge in [-0.15, -0.1) is 10.2 Å². The van der Waals surface area contributed by atoms with Crippen LogP contribution in [0.2, 0.25) is 0 Å². The summed E-state index contributed by atoms with van der Waals surface area (Å²) in [6.45, 7) is -0.364. The molecule has 3 aromatic heterocycles. The molecule has 0 saturated heterocycles. The Morgan fingerprint density at radius 3 is 2.72 bits per heavy atom. The van der Waals surface area contributed by atoms with Crippen LogP contribution in [0, 0.1) is 5.82 Å². The standard InChI is InChI=1S/C21H16FN5O5/c1-31-15(28)10-24-20(30)17-13-3-2-8-23-16(13)19(29)18(25-17)21-27-26-14(32-21)9-11-4-6-12(22)7-5-11/h2-8,29H,9-10H2,1H3,(H,24,30). The third kappa shape index (κ3) is 4.21. The zero-order valence-corrected chi connectivity index (χ0v) is 16.7. The number of pyridine rings is 2. The van der Waals surface area contributed by atoms with Crippen LogP contribution in [0.3, 0.4) is 0 Å². The van der Waals surface area contributed by atoms with Crippen LogP contribution in [0.1, 0.15) is 21.9 Å². The van der Waals surface area contributed by atoms with Gasteiger partial charge in [0, 0.05) is 11.6 Å². The molecule has 1 amide bonds. The molecule has 0 fully saturated rings. The van der Waals surface area contributed by atoms with Gasteiger partial charge in [-0.05, 0) is 29.8 Å². The number of halogens is 1. The molecule has 1 aromatic carbocycles. The van der Waals surface area contributed by atoms with Gasteiger partial charge in [-0.3, -0.25) is 14.6 Å². The molecular weight excluding hydrogens is 421 g/mol. The van der Waals surface area contributed by atoms with Crippen molar-refractivity contribution in [1.82, 2.24) is 25.5 Å². The fourth-order valence-electron chi connectivity index (χ4n) is 2.95. The molecule has 0 aliphatic heterocycles. The Hall–Kier alpha value is -4.41. The van der Waals surface area contributed by atoms with E-state index in [-0.39, 0.29) is 58.6 Å². The van der Waals surface area contributed by atoms with Crippen molar-refractivity contribution in [1.29, 1.82) is 0 Å².